The van der Waals surface area contributed by atoms with Gasteiger partial charge in [-0.1, -0.05) is 6.92 Å². The van der Waals surface area contributed by atoms with Gasteiger partial charge >= 0.3 is 0 Å². The fourth-order valence-electron chi connectivity index (χ4n) is 1.78. The molecule has 0 aliphatic carbocycles. The number of rotatable bonds is 0. The van der Waals surface area contributed by atoms with Crippen LogP contribution in [0, 0.1) is 5.92 Å². The lowest BCUT2D eigenvalue weighted by Gasteiger charge is -2.29. The molecule has 0 saturated carbocycles. The molecule has 0 spiro atoms. The van der Waals surface area contributed by atoms with E-state index in [9.17, 15) is 0 Å². The molecule has 1 aliphatic heterocycles. The molecule has 0 N–H and O–H groups in total. The van der Waals surface area contributed by atoms with E-state index in [4.69, 9.17) is 4.74 Å². The van der Waals surface area contributed by atoms with E-state index in [0.717, 1.165) is 12.3 Å². The zero-order chi connectivity index (χ0) is 8.48. The molecule has 0 bridgehead atoms. The molecule has 0 aromatic heterocycles. The maximum atomic E-state index is 5.15. The summed E-state index contributed by atoms with van der Waals surface area (Å²) in [5.74, 6) is 1.62. The maximum Gasteiger partial charge on any atom is 0.183 e. The normalized spacial score (nSPS) is 29.5. The molecule has 0 radical (unpaired) electrons. The Hall–Kier alpha value is -0.530. The largest absolute Gasteiger partial charge is 0.484 e. The van der Waals surface area contributed by atoms with E-state index in [-0.39, 0.29) is 5.54 Å². The second-order valence-corrected chi connectivity index (χ2v) is 4.04. The Morgan fingerprint density at radius 3 is 2.64 bits per heavy atom. The predicted octanol–water partition coefficient (Wildman–Crippen LogP) is 2.24. The van der Waals surface area contributed by atoms with Crippen LogP contribution in [0.25, 0.3) is 0 Å². The second-order valence-electron chi connectivity index (χ2n) is 4.04. The summed E-state index contributed by atoms with van der Waals surface area (Å²) >= 11 is 0. The van der Waals surface area contributed by atoms with Crippen LogP contribution in [0.3, 0.4) is 0 Å². The first-order chi connectivity index (χ1) is 5.03. The number of hydrogen-bond acceptors (Lipinski definition) is 2. The van der Waals surface area contributed by atoms with Gasteiger partial charge in [-0.05, 0) is 26.2 Å². The molecule has 1 rings (SSSR count). The standard InChI is InChI=1S/C9H17NO/c1-7-5-8(11-4)10-9(2,3)6-7/h7H,5-6H2,1-4H3/t7-/m1/s1. The molecule has 1 atom stereocenters. The Morgan fingerprint density at radius 2 is 2.18 bits per heavy atom. The molecule has 0 fully saturated rings. The Kier molecular flexibility index (Phi) is 2.21. The van der Waals surface area contributed by atoms with Crippen LogP contribution in [0.1, 0.15) is 33.6 Å². The summed E-state index contributed by atoms with van der Waals surface area (Å²) in [5, 5.41) is 0. The summed E-state index contributed by atoms with van der Waals surface area (Å²) in [5.41, 5.74) is 0.0863. The summed E-state index contributed by atoms with van der Waals surface area (Å²) in [7, 11) is 1.70. The Morgan fingerprint density at radius 1 is 1.55 bits per heavy atom. The van der Waals surface area contributed by atoms with Gasteiger partial charge in [-0.2, -0.15) is 0 Å². The number of ether oxygens (including phenoxy) is 1. The van der Waals surface area contributed by atoms with E-state index >= 15 is 0 Å². The fraction of sp³-hybridized carbons (Fsp3) is 0.889. The molecule has 0 unspecified atom stereocenters. The average Bonchev–Trinajstić information content (AvgIpc) is 1.83. The van der Waals surface area contributed by atoms with E-state index < -0.39 is 0 Å². The minimum atomic E-state index is 0.0863. The van der Waals surface area contributed by atoms with Crippen molar-refractivity contribution in [3.8, 4) is 0 Å². The molecule has 64 valence electrons. The van der Waals surface area contributed by atoms with Gasteiger partial charge in [0.15, 0.2) is 5.90 Å². The van der Waals surface area contributed by atoms with Crippen molar-refractivity contribution < 1.29 is 4.74 Å². The van der Waals surface area contributed by atoms with E-state index in [0.29, 0.717) is 5.92 Å². The minimum absolute atomic E-state index is 0.0863. The lowest BCUT2D eigenvalue weighted by atomic mass is 9.87. The molecule has 1 heterocycles. The van der Waals surface area contributed by atoms with Crippen molar-refractivity contribution in [2.24, 2.45) is 10.9 Å². The maximum absolute atomic E-state index is 5.15. The van der Waals surface area contributed by atoms with Crippen molar-refractivity contribution in [1.82, 2.24) is 0 Å². The monoisotopic (exact) mass is 155 g/mol. The molecular weight excluding hydrogens is 138 g/mol. The number of aliphatic imine (C=N–C) groups is 1. The first-order valence-corrected chi connectivity index (χ1v) is 4.16. The van der Waals surface area contributed by atoms with Crippen molar-refractivity contribution in [3.05, 3.63) is 0 Å². The molecule has 0 amide bonds. The van der Waals surface area contributed by atoms with Gasteiger partial charge in [0.25, 0.3) is 0 Å². The van der Waals surface area contributed by atoms with Crippen LogP contribution in [-0.2, 0) is 4.74 Å². The summed E-state index contributed by atoms with van der Waals surface area (Å²) in [6, 6.07) is 0. The van der Waals surface area contributed by atoms with Crippen LogP contribution < -0.4 is 0 Å². The summed E-state index contributed by atoms with van der Waals surface area (Å²) < 4.78 is 5.15. The van der Waals surface area contributed by atoms with Crippen LogP contribution in [0.5, 0.6) is 0 Å². The predicted molar refractivity (Wildman–Crippen MR) is 46.9 cm³/mol. The third-order valence-corrected chi connectivity index (χ3v) is 2.03. The average molecular weight is 155 g/mol. The highest BCUT2D eigenvalue weighted by molar-refractivity contribution is 5.77. The van der Waals surface area contributed by atoms with E-state index in [1.807, 2.05) is 0 Å². The van der Waals surface area contributed by atoms with Gasteiger partial charge in [-0.25, -0.2) is 4.99 Å². The number of methoxy groups -OCH3 is 1. The number of nitrogens with zero attached hydrogens (tertiary/aromatic N) is 1. The van der Waals surface area contributed by atoms with Crippen LogP contribution in [-0.4, -0.2) is 18.5 Å². The van der Waals surface area contributed by atoms with E-state index in [2.05, 4.69) is 25.8 Å². The van der Waals surface area contributed by atoms with Crippen LogP contribution >= 0.6 is 0 Å². The van der Waals surface area contributed by atoms with Gasteiger partial charge in [0.2, 0.25) is 0 Å². The third kappa shape index (κ3) is 2.21. The molecule has 1 aliphatic rings. The highest BCUT2D eigenvalue weighted by Crippen LogP contribution is 2.28. The summed E-state index contributed by atoms with van der Waals surface area (Å²) in [6.07, 6.45) is 2.17. The quantitative estimate of drug-likeness (QED) is 0.525. The van der Waals surface area contributed by atoms with Crippen molar-refractivity contribution in [2.45, 2.75) is 39.2 Å². The van der Waals surface area contributed by atoms with Crippen LogP contribution in [0.2, 0.25) is 0 Å². The lowest BCUT2D eigenvalue weighted by molar-refractivity contribution is 0.302. The highest BCUT2D eigenvalue weighted by Gasteiger charge is 2.26. The van der Waals surface area contributed by atoms with Gasteiger partial charge in [-0.15, -0.1) is 0 Å². The molecule has 2 heteroatoms. The summed E-state index contributed by atoms with van der Waals surface area (Å²) in [6.45, 7) is 6.55. The zero-order valence-electron chi connectivity index (χ0n) is 7.85. The fourth-order valence-corrected chi connectivity index (χ4v) is 1.78. The smallest absolute Gasteiger partial charge is 0.183 e. The first-order valence-electron chi connectivity index (χ1n) is 4.16. The first kappa shape index (κ1) is 8.57. The molecule has 2 nitrogen and oxygen atoms in total. The van der Waals surface area contributed by atoms with Crippen LogP contribution in [0.4, 0.5) is 0 Å². The molecule has 11 heavy (non-hydrogen) atoms. The Balaban J connectivity index is 2.74. The Labute approximate surface area is 68.7 Å². The van der Waals surface area contributed by atoms with Gasteiger partial charge < -0.3 is 4.74 Å². The number of hydrogen-bond donors (Lipinski definition) is 0. The van der Waals surface area contributed by atoms with Gasteiger partial charge in [-0.3, -0.25) is 0 Å². The second kappa shape index (κ2) is 2.84. The van der Waals surface area contributed by atoms with Gasteiger partial charge in [0.1, 0.15) is 0 Å². The van der Waals surface area contributed by atoms with Crippen molar-refractivity contribution in [3.63, 3.8) is 0 Å². The van der Waals surface area contributed by atoms with Crippen LogP contribution in [0.15, 0.2) is 4.99 Å². The Bertz CT molecular complexity index is 172. The highest BCUT2D eigenvalue weighted by atomic mass is 16.5. The van der Waals surface area contributed by atoms with Crippen molar-refractivity contribution in [1.29, 1.82) is 0 Å². The molecule has 0 aromatic carbocycles. The van der Waals surface area contributed by atoms with Crippen molar-refractivity contribution >= 4 is 5.90 Å². The third-order valence-electron chi connectivity index (χ3n) is 2.03. The SMILES string of the molecule is COC1=NC(C)(C)C[C@H](C)C1. The van der Waals surface area contributed by atoms with E-state index in [1.54, 1.807) is 7.11 Å². The van der Waals surface area contributed by atoms with E-state index in [1.165, 1.54) is 6.42 Å². The molecule has 0 saturated heterocycles. The topological polar surface area (TPSA) is 21.6 Å². The van der Waals surface area contributed by atoms with Gasteiger partial charge in [0.05, 0.1) is 12.6 Å². The zero-order valence-corrected chi connectivity index (χ0v) is 7.85. The summed E-state index contributed by atoms with van der Waals surface area (Å²) in [4.78, 5) is 4.48. The molecular formula is C9H17NO. The van der Waals surface area contributed by atoms with Crippen molar-refractivity contribution in [2.75, 3.05) is 7.11 Å². The minimum Gasteiger partial charge on any atom is -0.484 e. The van der Waals surface area contributed by atoms with Gasteiger partial charge in [0, 0.05) is 6.42 Å². The molecule has 0 aromatic rings. The lowest BCUT2D eigenvalue weighted by Crippen LogP contribution is -2.29.